The molecule has 1 spiro atoms. The van der Waals surface area contributed by atoms with E-state index in [1.165, 1.54) is 0 Å². The van der Waals surface area contributed by atoms with Crippen LogP contribution in [0.4, 0.5) is 0 Å². The molecular weight excluding hydrogens is 308 g/mol. The Hall–Kier alpha value is -1.99. The van der Waals surface area contributed by atoms with Gasteiger partial charge in [-0.1, -0.05) is 5.16 Å². The lowest BCUT2D eigenvalue weighted by atomic mass is 9.84. The van der Waals surface area contributed by atoms with Gasteiger partial charge in [0, 0.05) is 50.4 Å². The molecule has 0 saturated carbocycles. The van der Waals surface area contributed by atoms with Gasteiger partial charge in [-0.15, -0.1) is 0 Å². The van der Waals surface area contributed by atoms with Gasteiger partial charge in [-0.25, -0.2) is 9.97 Å². The van der Waals surface area contributed by atoms with E-state index in [-0.39, 0.29) is 11.7 Å². The molecule has 128 valence electrons. The SMILES string of the molecule is Cc1ccnc(OC2CCOC3(C2)CN(Cc2cc(C)on2)C3)n1. The highest BCUT2D eigenvalue weighted by Crippen LogP contribution is 2.36. The van der Waals surface area contributed by atoms with Crippen LogP contribution in [0.15, 0.2) is 22.9 Å². The van der Waals surface area contributed by atoms with Crippen LogP contribution in [0.25, 0.3) is 0 Å². The summed E-state index contributed by atoms with van der Waals surface area (Å²) in [7, 11) is 0. The van der Waals surface area contributed by atoms with Crippen LogP contribution in [-0.2, 0) is 11.3 Å². The summed E-state index contributed by atoms with van der Waals surface area (Å²) in [5.41, 5.74) is 1.78. The molecule has 0 aliphatic carbocycles. The van der Waals surface area contributed by atoms with Gasteiger partial charge in [0.1, 0.15) is 11.9 Å². The van der Waals surface area contributed by atoms with E-state index in [2.05, 4.69) is 20.0 Å². The number of likely N-dealkylation sites (tertiary alicyclic amines) is 1. The van der Waals surface area contributed by atoms with E-state index >= 15 is 0 Å². The van der Waals surface area contributed by atoms with E-state index in [9.17, 15) is 0 Å². The van der Waals surface area contributed by atoms with Crippen molar-refractivity contribution in [2.24, 2.45) is 0 Å². The summed E-state index contributed by atoms with van der Waals surface area (Å²) in [6, 6.07) is 4.31. The van der Waals surface area contributed by atoms with E-state index < -0.39 is 0 Å². The Labute approximate surface area is 141 Å². The van der Waals surface area contributed by atoms with Crippen LogP contribution in [0, 0.1) is 13.8 Å². The predicted octanol–water partition coefficient (Wildman–Crippen LogP) is 1.89. The van der Waals surface area contributed by atoms with E-state index in [1.54, 1.807) is 6.20 Å². The molecule has 2 fully saturated rings. The van der Waals surface area contributed by atoms with Crippen LogP contribution < -0.4 is 4.74 Å². The maximum absolute atomic E-state index is 6.06. The first-order valence-electron chi connectivity index (χ1n) is 8.35. The molecule has 2 aromatic rings. The van der Waals surface area contributed by atoms with Gasteiger partial charge in [0.05, 0.1) is 17.9 Å². The maximum Gasteiger partial charge on any atom is 0.316 e. The molecule has 1 unspecified atom stereocenters. The quantitative estimate of drug-likeness (QED) is 0.847. The van der Waals surface area contributed by atoms with Crippen LogP contribution in [0.3, 0.4) is 0 Å². The van der Waals surface area contributed by atoms with Gasteiger partial charge in [0.2, 0.25) is 0 Å². The van der Waals surface area contributed by atoms with Crippen molar-refractivity contribution in [3.05, 3.63) is 35.5 Å². The standard InChI is InChI=1S/C17H22N4O3/c1-12-3-5-18-16(19-12)23-15-4-6-22-17(8-15)10-21(11-17)9-14-7-13(2)24-20-14/h3,5,7,15H,4,6,8-11H2,1-2H3. The second-order valence-corrected chi connectivity index (χ2v) is 6.82. The van der Waals surface area contributed by atoms with Crippen molar-refractivity contribution in [1.29, 1.82) is 0 Å². The molecule has 2 aromatic heterocycles. The number of ether oxygens (including phenoxy) is 2. The fourth-order valence-electron chi connectivity index (χ4n) is 3.54. The van der Waals surface area contributed by atoms with Crippen molar-refractivity contribution in [1.82, 2.24) is 20.0 Å². The van der Waals surface area contributed by atoms with Gasteiger partial charge in [-0.2, -0.15) is 0 Å². The van der Waals surface area contributed by atoms with Crippen LogP contribution in [-0.4, -0.2) is 51.4 Å². The van der Waals surface area contributed by atoms with Crippen molar-refractivity contribution < 1.29 is 14.0 Å². The summed E-state index contributed by atoms with van der Waals surface area (Å²) in [5.74, 6) is 0.848. The van der Waals surface area contributed by atoms with Crippen LogP contribution in [0.5, 0.6) is 6.01 Å². The number of aromatic nitrogens is 3. The number of rotatable bonds is 4. The average molecular weight is 330 g/mol. The Morgan fingerprint density at radius 2 is 2.25 bits per heavy atom. The largest absolute Gasteiger partial charge is 0.460 e. The Morgan fingerprint density at radius 1 is 1.38 bits per heavy atom. The summed E-state index contributed by atoms with van der Waals surface area (Å²) in [4.78, 5) is 10.8. The maximum atomic E-state index is 6.06. The zero-order chi connectivity index (χ0) is 16.6. The molecule has 4 rings (SSSR count). The summed E-state index contributed by atoms with van der Waals surface area (Å²) in [5, 5.41) is 4.05. The fourth-order valence-corrected chi connectivity index (χ4v) is 3.54. The second kappa shape index (κ2) is 6.14. The molecule has 0 aromatic carbocycles. The molecule has 0 bridgehead atoms. The van der Waals surface area contributed by atoms with Crippen LogP contribution in [0.1, 0.15) is 30.0 Å². The normalized spacial score (nSPS) is 23.2. The second-order valence-electron chi connectivity index (χ2n) is 6.82. The van der Waals surface area contributed by atoms with E-state index in [4.69, 9.17) is 14.0 Å². The molecule has 2 saturated heterocycles. The fraction of sp³-hybridized carbons (Fsp3) is 0.588. The lowest BCUT2D eigenvalue weighted by Gasteiger charge is -2.52. The topological polar surface area (TPSA) is 73.5 Å². The number of hydrogen-bond acceptors (Lipinski definition) is 7. The zero-order valence-electron chi connectivity index (χ0n) is 14.1. The molecule has 1 atom stereocenters. The first-order valence-corrected chi connectivity index (χ1v) is 8.35. The minimum absolute atomic E-state index is 0.106. The highest BCUT2D eigenvalue weighted by Gasteiger charge is 2.48. The van der Waals surface area contributed by atoms with E-state index in [1.807, 2.05) is 26.0 Å². The van der Waals surface area contributed by atoms with Gasteiger partial charge in [-0.05, 0) is 19.9 Å². The zero-order valence-corrected chi connectivity index (χ0v) is 14.1. The minimum Gasteiger partial charge on any atom is -0.460 e. The Bertz CT molecular complexity index is 711. The Balaban J connectivity index is 1.32. The van der Waals surface area contributed by atoms with Gasteiger partial charge < -0.3 is 14.0 Å². The molecule has 24 heavy (non-hydrogen) atoms. The molecule has 7 heteroatoms. The molecule has 2 aliphatic heterocycles. The Kier molecular flexibility index (Phi) is 3.97. The van der Waals surface area contributed by atoms with Crippen molar-refractivity contribution >= 4 is 0 Å². The third-order valence-electron chi connectivity index (χ3n) is 4.58. The third-order valence-corrected chi connectivity index (χ3v) is 4.58. The van der Waals surface area contributed by atoms with Crippen molar-refractivity contribution in [2.45, 2.75) is 44.9 Å². The number of nitrogens with zero attached hydrogens (tertiary/aromatic N) is 4. The molecule has 7 nitrogen and oxygen atoms in total. The first-order chi connectivity index (χ1) is 11.6. The summed E-state index contributed by atoms with van der Waals surface area (Å²) < 4.78 is 17.2. The van der Waals surface area contributed by atoms with Crippen LogP contribution >= 0.6 is 0 Å². The monoisotopic (exact) mass is 330 g/mol. The van der Waals surface area contributed by atoms with Crippen molar-refractivity contribution in [3.8, 4) is 6.01 Å². The lowest BCUT2D eigenvalue weighted by molar-refractivity contribution is -0.188. The number of hydrogen-bond donors (Lipinski definition) is 0. The highest BCUT2D eigenvalue weighted by atomic mass is 16.5. The minimum atomic E-state index is -0.106. The molecule has 0 N–H and O–H groups in total. The van der Waals surface area contributed by atoms with Crippen molar-refractivity contribution in [2.75, 3.05) is 19.7 Å². The van der Waals surface area contributed by atoms with Crippen molar-refractivity contribution in [3.63, 3.8) is 0 Å². The lowest BCUT2D eigenvalue weighted by Crippen LogP contribution is -2.65. The van der Waals surface area contributed by atoms with E-state index in [0.717, 1.165) is 49.6 Å². The van der Waals surface area contributed by atoms with Gasteiger partial charge in [0.25, 0.3) is 0 Å². The molecular formula is C17H22N4O3. The van der Waals surface area contributed by atoms with Crippen LogP contribution in [0.2, 0.25) is 0 Å². The van der Waals surface area contributed by atoms with Gasteiger partial charge >= 0.3 is 6.01 Å². The molecule has 4 heterocycles. The highest BCUT2D eigenvalue weighted by molar-refractivity contribution is 5.09. The van der Waals surface area contributed by atoms with Gasteiger partial charge in [0.15, 0.2) is 0 Å². The average Bonchev–Trinajstić information content (AvgIpc) is 2.91. The van der Waals surface area contributed by atoms with E-state index in [0.29, 0.717) is 12.6 Å². The Morgan fingerprint density at radius 3 is 3.00 bits per heavy atom. The molecule has 2 aliphatic rings. The predicted molar refractivity (Wildman–Crippen MR) is 85.6 cm³/mol. The summed E-state index contributed by atoms with van der Waals surface area (Å²) in [6.45, 7) is 7.16. The smallest absolute Gasteiger partial charge is 0.316 e. The third kappa shape index (κ3) is 3.27. The molecule has 0 amide bonds. The molecule has 0 radical (unpaired) electrons. The summed E-state index contributed by atoms with van der Waals surface area (Å²) in [6.07, 6.45) is 3.59. The first kappa shape index (κ1) is 15.5. The number of aryl methyl sites for hydroxylation is 2. The van der Waals surface area contributed by atoms with Gasteiger partial charge in [-0.3, -0.25) is 4.90 Å². The summed E-state index contributed by atoms with van der Waals surface area (Å²) >= 11 is 0.